The molecule has 0 unspecified atom stereocenters. The Morgan fingerprint density at radius 2 is 1.88 bits per heavy atom. The molecule has 0 saturated carbocycles. The van der Waals surface area contributed by atoms with Gasteiger partial charge < -0.3 is 4.90 Å². The summed E-state index contributed by atoms with van der Waals surface area (Å²) in [5, 5.41) is 0.360. The predicted octanol–water partition coefficient (Wildman–Crippen LogP) is 4.41. The first-order chi connectivity index (χ1) is 11.6. The van der Waals surface area contributed by atoms with Gasteiger partial charge in [0.15, 0.2) is 0 Å². The van der Waals surface area contributed by atoms with Crippen LogP contribution < -0.4 is 4.90 Å². The van der Waals surface area contributed by atoms with Crippen LogP contribution in [0.2, 0.25) is 5.02 Å². The van der Waals surface area contributed by atoms with Gasteiger partial charge >= 0.3 is 6.03 Å². The zero-order chi connectivity index (χ0) is 16.7. The van der Waals surface area contributed by atoms with Gasteiger partial charge in [0.2, 0.25) is 0 Å². The summed E-state index contributed by atoms with van der Waals surface area (Å²) in [5.74, 6) is -0.365. The molecule has 3 nitrogen and oxygen atoms in total. The molecule has 0 aromatic heterocycles. The largest absolute Gasteiger partial charge is 0.324 e. The molecule has 4 rings (SSSR count). The highest BCUT2D eigenvalue weighted by atomic mass is 35.5. The fourth-order valence-corrected chi connectivity index (χ4v) is 3.78. The normalized spacial score (nSPS) is 16.8. The van der Waals surface area contributed by atoms with Gasteiger partial charge in [0.25, 0.3) is 0 Å². The van der Waals surface area contributed by atoms with E-state index in [1.54, 1.807) is 11.0 Å². The Morgan fingerprint density at radius 3 is 2.71 bits per heavy atom. The fourth-order valence-electron chi connectivity index (χ4n) is 3.55. The Labute approximate surface area is 145 Å². The number of anilines is 1. The summed E-state index contributed by atoms with van der Waals surface area (Å²) in [6.07, 6.45) is 3.43. The number of fused-ring (bicyclic) bond motifs is 1. The van der Waals surface area contributed by atoms with Crippen LogP contribution in [-0.4, -0.2) is 24.0 Å². The molecule has 2 aromatic rings. The third-order valence-corrected chi connectivity index (χ3v) is 5.22. The molecule has 0 spiro atoms. The lowest BCUT2D eigenvalue weighted by Crippen LogP contribution is -2.31. The van der Waals surface area contributed by atoms with E-state index in [2.05, 4.69) is 12.1 Å². The van der Waals surface area contributed by atoms with Crippen molar-refractivity contribution in [1.82, 2.24) is 4.90 Å². The molecule has 0 N–H and O–H groups in total. The summed E-state index contributed by atoms with van der Waals surface area (Å²) in [6.45, 7) is 1.71. The number of rotatable bonds is 3. The highest BCUT2D eigenvalue weighted by Gasteiger charge is 2.30. The number of halogens is 2. The van der Waals surface area contributed by atoms with Crippen molar-refractivity contribution >= 4 is 23.3 Å². The van der Waals surface area contributed by atoms with Crippen LogP contribution in [0.3, 0.4) is 0 Å². The summed E-state index contributed by atoms with van der Waals surface area (Å²) in [6, 6.07) is 10.6. The van der Waals surface area contributed by atoms with E-state index in [1.807, 2.05) is 11.0 Å². The minimum atomic E-state index is -0.365. The predicted molar refractivity (Wildman–Crippen MR) is 93.0 cm³/mol. The number of carbonyl (C=O) groups excluding carboxylic acids is 1. The summed E-state index contributed by atoms with van der Waals surface area (Å²) >= 11 is 6.08. The zero-order valence-electron chi connectivity index (χ0n) is 13.3. The standard InChI is InChI=1S/C19H18ClFN2O/c20-18-11-16(21)6-4-15(18)12-22-8-9-23(19(22)24)17-7-5-13-2-1-3-14(13)10-17/h4-7,10-11H,1-3,8-9,12H2. The highest BCUT2D eigenvalue weighted by molar-refractivity contribution is 6.31. The molecule has 2 aromatic carbocycles. The molecular formula is C19H18ClFN2O. The highest BCUT2D eigenvalue weighted by Crippen LogP contribution is 2.29. The lowest BCUT2D eigenvalue weighted by atomic mass is 10.1. The van der Waals surface area contributed by atoms with Crippen LogP contribution in [0.5, 0.6) is 0 Å². The van der Waals surface area contributed by atoms with Crippen molar-refractivity contribution in [2.45, 2.75) is 25.8 Å². The van der Waals surface area contributed by atoms with Gasteiger partial charge in [-0.3, -0.25) is 4.90 Å². The number of amides is 2. The minimum absolute atomic E-state index is 0.0201. The Hall–Kier alpha value is -2.07. The second-order valence-corrected chi connectivity index (χ2v) is 6.81. The van der Waals surface area contributed by atoms with Crippen molar-refractivity contribution in [3.05, 3.63) is 63.9 Å². The first-order valence-electron chi connectivity index (χ1n) is 8.24. The molecule has 2 amide bonds. The second kappa shape index (κ2) is 6.10. The Kier molecular flexibility index (Phi) is 3.93. The number of benzene rings is 2. The molecule has 1 fully saturated rings. The SMILES string of the molecule is O=C1N(Cc2ccc(F)cc2Cl)CCN1c1ccc2c(c1)CCC2. The minimum Gasteiger partial charge on any atom is -0.318 e. The molecule has 2 aliphatic rings. The maximum Gasteiger partial charge on any atom is 0.324 e. The van der Waals surface area contributed by atoms with Gasteiger partial charge in [-0.05, 0) is 60.2 Å². The first kappa shape index (κ1) is 15.5. The fraction of sp³-hybridized carbons (Fsp3) is 0.316. The van der Waals surface area contributed by atoms with Crippen molar-refractivity contribution in [3.8, 4) is 0 Å². The second-order valence-electron chi connectivity index (χ2n) is 6.40. The van der Waals surface area contributed by atoms with Gasteiger partial charge in [-0.2, -0.15) is 0 Å². The van der Waals surface area contributed by atoms with Gasteiger partial charge in [-0.15, -0.1) is 0 Å². The zero-order valence-corrected chi connectivity index (χ0v) is 14.0. The van der Waals surface area contributed by atoms with Gasteiger partial charge in [-0.25, -0.2) is 9.18 Å². The average Bonchev–Trinajstić information content (AvgIpc) is 3.16. The van der Waals surface area contributed by atoms with E-state index in [4.69, 9.17) is 11.6 Å². The van der Waals surface area contributed by atoms with Gasteiger partial charge in [0, 0.05) is 30.3 Å². The van der Waals surface area contributed by atoms with Crippen LogP contribution in [0.25, 0.3) is 0 Å². The van der Waals surface area contributed by atoms with E-state index >= 15 is 0 Å². The lowest BCUT2D eigenvalue weighted by molar-refractivity contribution is 0.219. The summed E-state index contributed by atoms with van der Waals surface area (Å²) < 4.78 is 13.2. The summed E-state index contributed by atoms with van der Waals surface area (Å²) in [4.78, 5) is 16.3. The third-order valence-electron chi connectivity index (χ3n) is 4.87. The number of carbonyl (C=O) groups is 1. The molecular weight excluding hydrogens is 327 g/mol. The smallest absolute Gasteiger partial charge is 0.318 e. The van der Waals surface area contributed by atoms with Crippen molar-refractivity contribution in [3.63, 3.8) is 0 Å². The quantitative estimate of drug-likeness (QED) is 0.809. The maximum absolute atomic E-state index is 13.2. The third kappa shape index (κ3) is 2.75. The average molecular weight is 345 g/mol. The molecule has 1 aliphatic heterocycles. The van der Waals surface area contributed by atoms with Gasteiger partial charge in [0.05, 0.1) is 0 Å². The van der Waals surface area contributed by atoms with E-state index < -0.39 is 0 Å². The van der Waals surface area contributed by atoms with Gasteiger partial charge in [-0.1, -0.05) is 23.7 Å². The molecule has 24 heavy (non-hydrogen) atoms. The van der Waals surface area contributed by atoms with Gasteiger partial charge in [0.1, 0.15) is 5.82 Å². The number of nitrogens with zero attached hydrogens (tertiary/aromatic N) is 2. The molecule has 5 heteroatoms. The van der Waals surface area contributed by atoms with Crippen molar-refractivity contribution < 1.29 is 9.18 Å². The van der Waals surface area contributed by atoms with Crippen LogP contribution in [0.4, 0.5) is 14.9 Å². The van der Waals surface area contributed by atoms with Crippen LogP contribution in [0.1, 0.15) is 23.1 Å². The molecule has 1 saturated heterocycles. The summed E-state index contributed by atoms with van der Waals surface area (Å²) in [7, 11) is 0. The topological polar surface area (TPSA) is 23.6 Å². The van der Waals surface area contributed by atoms with E-state index in [9.17, 15) is 9.18 Å². The van der Waals surface area contributed by atoms with E-state index in [-0.39, 0.29) is 11.8 Å². The molecule has 1 heterocycles. The molecule has 0 radical (unpaired) electrons. The maximum atomic E-state index is 13.2. The van der Waals surface area contributed by atoms with Crippen LogP contribution >= 0.6 is 11.6 Å². The van der Waals surface area contributed by atoms with Crippen molar-refractivity contribution in [2.24, 2.45) is 0 Å². The summed E-state index contributed by atoms with van der Waals surface area (Å²) in [5.41, 5.74) is 4.50. The first-order valence-corrected chi connectivity index (χ1v) is 8.62. The number of hydrogen-bond acceptors (Lipinski definition) is 1. The molecule has 1 aliphatic carbocycles. The van der Waals surface area contributed by atoms with Crippen LogP contribution in [0, 0.1) is 5.82 Å². The van der Waals surface area contributed by atoms with E-state index in [0.717, 1.165) is 24.1 Å². The molecule has 124 valence electrons. The Morgan fingerprint density at radius 1 is 1.04 bits per heavy atom. The van der Waals surface area contributed by atoms with Crippen LogP contribution in [-0.2, 0) is 19.4 Å². The molecule has 0 atom stereocenters. The van der Waals surface area contributed by atoms with Crippen molar-refractivity contribution in [2.75, 3.05) is 18.0 Å². The Bertz CT molecular complexity index is 808. The Balaban J connectivity index is 1.52. The van der Waals surface area contributed by atoms with E-state index in [1.165, 1.54) is 29.7 Å². The van der Waals surface area contributed by atoms with Crippen LogP contribution in [0.15, 0.2) is 36.4 Å². The lowest BCUT2D eigenvalue weighted by Gasteiger charge is -2.20. The van der Waals surface area contributed by atoms with E-state index in [0.29, 0.717) is 24.7 Å². The van der Waals surface area contributed by atoms with Crippen molar-refractivity contribution in [1.29, 1.82) is 0 Å². The number of hydrogen-bond donors (Lipinski definition) is 0. The monoisotopic (exact) mass is 344 g/mol. The number of aryl methyl sites for hydroxylation is 2. The molecule has 0 bridgehead atoms. The number of urea groups is 1.